The molecule has 2 N–H and O–H groups in total. The Hall–Kier alpha value is -3.14. The van der Waals surface area contributed by atoms with Crippen LogP contribution < -0.4 is 10.1 Å². The number of alkyl halides is 3. The number of hydrogen-bond acceptors (Lipinski definition) is 5. The van der Waals surface area contributed by atoms with Crippen molar-refractivity contribution < 1.29 is 27.8 Å². The third kappa shape index (κ3) is 5.81. The monoisotopic (exact) mass is 464 g/mol. The van der Waals surface area contributed by atoms with Gasteiger partial charge in [0.2, 0.25) is 0 Å². The highest BCUT2D eigenvalue weighted by atomic mass is 19.4. The lowest BCUT2D eigenvalue weighted by Gasteiger charge is -2.15. The summed E-state index contributed by atoms with van der Waals surface area (Å²) in [7, 11) is 0. The van der Waals surface area contributed by atoms with E-state index < -0.39 is 17.8 Å². The predicted molar refractivity (Wildman–Crippen MR) is 117 cm³/mol. The van der Waals surface area contributed by atoms with E-state index in [0.717, 1.165) is 17.8 Å². The molecule has 1 aromatic carbocycles. The first kappa shape index (κ1) is 24.5. The number of fused-ring (bicyclic) bond motifs is 1. The van der Waals surface area contributed by atoms with Crippen molar-refractivity contribution in [3.8, 4) is 5.75 Å². The smallest absolute Gasteiger partial charge is 0.416 e. The van der Waals surface area contributed by atoms with E-state index in [-0.39, 0.29) is 36.8 Å². The van der Waals surface area contributed by atoms with Crippen LogP contribution >= 0.6 is 0 Å². The first-order valence-electron chi connectivity index (χ1n) is 10.6. The fraction of sp³-hybridized carbons (Fsp3) is 0.435. The maximum Gasteiger partial charge on any atom is 0.416 e. The van der Waals surface area contributed by atoms with Crippen LogP contribution in [0, 0.1) is 0 Å². The predicted octanol–water partition coefficient (Wildman–Crippen LogP) is 4.32. The fourth-order valence-electron chi connectivity index (χ4n) is 3.20. The first-order chi connectivity index (χ1) is 15.5. The van der Waals surface area contributed by atoms with Gasteiger partial charge in [0.15, 0.2) is 5.65 Å². The number of aromatic nitrogens is 3. The van der Waals surface area contributed by atoms with Gasteiger partial charge in [0.1, 0.15) is 18.5 Å². The summed E-state index contributed by atoms with van der Waals surface area (Å²) in [5.41, 5.74) is 0.994. The van der Waals surface area contributed by atoms with Gasteiger partial charge in [-0.25, -0.2) is 9.67 Å². The minimum Gasteiger partial charge on any atom is -0.491 e. The van der Waals surface area contributed by atoms with Crippen molar-refractivity contribution >= 4 is 16.9 Å². The number of ether oxygens (including phenoxy) is 1. The molecule has 1 unspecified atom stereocenters. The maximum absolute atomic E-state index is 12.9. The second-order valence-corrected chi connectivity index (χ2v) is 8.37. The SMILES string of the molecule is CC(C)c1cc(C(=O)NCC(O)COc2ccc(C(F)(F)F)cc2)c2cnn(C(C)C)c2n1. The summed E-state index contributed by atoms with van der Waals surface area (Å²) in [5, 5.41) is 17.8. The molecule has 2 aromatic heterocycles. The number of aliphatic hydroxyl groups excluding tert-OH is 1. The Balaban J connectivity index is 1.65. The molecule has 1 atom stereocenters. The third-order valence-corrected chi connectivity index (χ3v) is 5.03. The van der Waals surface area contributed by atoms with Crippen molar-refractivity contribution in [3.63, 3.8) is 0 Å². The van der Waals surface area contributed by atoms with Crippen molar-refractivity contribution in [2.45, 2.75) is 51.9 Å². The molecule has 178 valence electrons. The minimum absolute atomic E-state index is 0.0671. The zero-order valence-corrected chi connectivity index (χ0v) is 18.8. The molecule has 2 heterocycles. The van der Waals surface area contributed by atoms with Crippen molar-refractivity contribution in [3.05, 3.63) is 53.3 Å². The molecule has 7 nitrogen and oxygen atoms in total. The van der Waals surface area contributed by atoms with Gasteiger partial charge in [0, 0.05) is 18.3 Å². The fourth-order valence-corrected chi connectivity index (χ4v) is 3.20. The van der Waals surface area contributed by atoms with Gasteiger partial charge in [0.25, 0.3) is 5.91 Å². The highest BCUT2D eigenvalue weighted by molar-refractivity contribution is 6.05. The van der Waals surface area contributed by atoms with E-state index in [2.05, 4.69) is 15.4 Å². The molecule has 0 radical (unpaired) electrons. The number of carbonyl (C=O) groups excluding carboxylic acids is 1. The van der Waals surface area contributed by atoms with Gasteiger partial charge in [0.05, 0.1) is 22.7 Å². The summed E-state index contributed by atoms with van der Waals surface area (Å²) < 4.78 is 45.0. The Kier molecular flexibility index (Phi) is 7.26. The van der Waals surface area contributed by atoms with Crippen LogP contribution in [0.5, 0.6) is 5.75 Å². The Morgan fingerprint density at radius 3 is 2.42 bits per heavy atom. The highest BCUT2D eigenvalue weighted by Crippen LogP contribution is 2.30. The third-order valence-electron chi connectivity index (χ3n) is 5.03. The van der Waals surface area contributed by atoms with Crippen LogP contribution in [0.1, 0.15) is 61.3 Å². The van der Waals surface area contributed by atoms with Crippen molar-refractivity contribution in [1.29, 1.82) is 0 Å². The maximum atomic E-state index is 12.9. The van der Waals surface area contributed by atoms with Crippen LogP contribution in [-0.2, 0) is 6.18 Å². The number of pyridine rings is 1. The number of nitrogens with zero attached hydrogens (tertiary/aromatic N) is 3. The topological polar surface area (TPSA) is 89.3 Å². The van der Waals surface area contributed by atoms with Gasteiger partial charge >= 0.3 is 6.18 Å². The van der Waals surface area contributed by atoms with Crippen LogP contribution in [0.15, 0.2) is 36.5 Å². The Labute approximate surface area is 189 Å². The van der Waals surface area contributed by atoms with Crippen molar-refractivity contribution in [1.82, 2.24) is 20.1 Å². The lowest BCUT2D eigenvalue weighted by atomic mass is 10.0. The summed E-state index contributed by atoms with van der Waals surface area (Å²) in [4.78, 5) is 17.5. The van der Waals surface area contributed by atoms with E-state index >= 15 is 0 Å². The molecule has 1 amide bonds. The number of benzene rings is 1. The first-order valence-corrected chi connectivity index (χ1v) is 10.6. The average molecular weight is 464 g/mol. The lowest BCUT2D eigenvalue weighted by Crippen LogP contribution is -2.35. The molecule has 0 spiro atoms. The van der Waals surface area contributed by atoms with Crippen LogP contribution in [0.25, 0.3) is 11.0 Å². The van der Waals surface area contributed by atoms with Crippen molar-refractivity contribution in [2.24, 2.45) is 0 Å². The number of halogens is 3. The molecule has 0 aliphatic rings. The van der Waals surface area contributed by atoms with E-state index in [1.54, 1.807) is 16.9 Å². The molecule has 3 aromatic rings. The molecule has 10 heteroatoms. The van der Waals surface area contributed by atoms with E-state index in [1.807, 2.05) is 27.7 Å². The van der Waals surface area contributed by atoms with E-state index in [9.17, 15) is 23.1 Å². The zero-order valence-electron chi connectivity index (χ0n) is 18.8. The zero-order chi connectivity index (χ0) is 24.3. The highest BCUT2D eigenvalue weighted by Gasteiger charge is 2.30. The molecule has 0 bridgehead atoms. The molecular formula is C23H27F3N4O3. The second kappa shape index (κ2) is 9.78. The summed E-state index contributed by atoms with van der Waals surface area (Å²) in [6.45, 7) is 7.62. The number of hydrogen-bond donors (Lipinski definition) is 2. The van der Waals surface area contributed by atoms with Gasteiger partial charge < -0.3 is 15.2 Å². The van der Waals surface area contributed by atoms with Crippen LogP contribution in [0.4, 0.5) is 13.2 Å². The molecule has 0 saturated carbocycles. The number of aliphatic hydroxyl groups is 1. The lowest BCUT2D eigenvalue weighted by molar-refractivity contribution is -0.137. The van der Waals surface area contributed by atoms with Gasteiger partial charge in [-0.05, 0) is 50.1 Å². The Bertz CT molecular complexity index is 1110. The average Bonchev–Trinajstić information content (AvgIpc) is 3.19. The van der Waals surface area contributed by atoms with Gasteiger partial charge in [-0.2, -0.15) is 18.3 Å². The molecule has 0 aliphatic carbocycles. The van der Waals surface area contributed by atoms with E-state index in [0.29, 0.717) is 16.6 Å². The molecule has 0 fully saturated rings. The quantitative estimate of drug-likeness (QED) is 0.518. The van der Waals surface area contributed by atoms with E-state index in [1.165, 1.54) is 12.1 Å². The summed E-state index contributed by atoms with van der Waals surface area (Å²) in [5.74, 6) is -0.104. The van der Waals surface area contributed by atoms with Gasteiger partial charge in [-0.1, -0.05) is 13.8 Å². The number of carbonyl (C=O) groups is 1. The van der Waals surface area contributed by atoms with Crippen LogP contribution in [-0.4, -0.2) is 45.0 Å². The van der Waals surface area contributed by atoms with Crippen LogP contribution in [0.2, 0.25) is 0 Å². The molecular weight excluding hydrogens is 437 g/mol. The normalized spacial score (nSPS) is 13.0. The summed E-state index contributed by atoms with van der Waals surface area (Å²) in [6, 6.07) is 5.96. The van der Waals surface area contributed by atoms with E-state index in [4.69, 9.17) is 4.74 Å². The minimum atomic E-state index is -4.43. The van der Waals surface area contributed by atoms with Crippen LogP contribution in [0.3, 0.4) is 0 Å². The number of nitrogens with one attached hydrogen (secondary N) is 1. The second-order valence-electron chi connectivity index (χ2n) is 8.37. The molecule has 0 aliphatic heterocycles. The molecule has 33 heavy (non-hydrogen) atoms. The number of amides is 1. The van der Waals surface area contributed by atoms with Gasteiger partial charge in [-0.15, -0.1) is 0 Å². The Morgan fingerprint density at radius 2 is 1.85 bits per heavy atom. The molecule has 3 rings (SSSR count). The summed E-state index contributed by atoms with van der Waals surface area (Å²) >= 11 is 0. The summed E-state index contributed by atoms with van der Waals surface area (Å²) in [6.07, 6.45) is -3.88. The van der Waals surface area contributed by atoms with Gasteiger partial charge in [-0.3, -0.25) is 4.79 Å². The largest absolute Gasteiger partial charge is 0.491 e. The number of rotatable bonds is 8. The molecule has 0 saturated heterocycles. The Morgan fingerprint density at radius 1 is 1.18 bits per heavy atom. The van der Waals surface area contributed by atoms with Crippen molar-refractivity contribution in [2.75, 3.05) is 13.2 Å². The standard InChI is InChI=1S/C23H27F3N4O3/c1-13(2)20-9-18(19-11-28-30(14(3)4)21(19)29-20)22(32)27-10-16(31)12-33-17-7-5-15(6-8-17)23(24,25)26/h5-9,11,13-14,16,31H,10,12H2,1-4H3,(H,27,32).